The van der Waals surface area contributed by atoms with Crippen LogP contribution in [-0.2, 0) is 14.8 Å². The van der Waals surface area contributed by atoms with Crippen LogP contribution in [0, 0.1) is 0 Å². The normalized spacial score (nSPS) is 14.7. The first-order valence-corrected chi connectivity index (χ1v) is 7.98. The second kappa shape index (κ2) is 7.08. The molecule has 0 aromatic heterocycles. The highest BCUT2D eigenvalue weighted by molar-refractivity contribution is 7.89. The summed E-state index contributed by atoms with van der Waals surface area (Å²) < 4.78 is 31.1. The molecule has 5 N–H and O–H groups in total. The SMILES string of the molecule is CNS(=O)(=O)c1cc(N)ccc1NCC(C)(O)CCOC. The van der Waals surface area contributed by atoms with E-state index in [0.717, 1.165) is 0 Å². The highest BCUT2D eigenvalue weighted by atomic mass is 32.2. The lowest BCUT2D eigenvalue weighted by Crippen LogP contribution is -2.35. The summed E-state index contributed by atoms with van der Waals surface area (Å²) in [6.45, 7) is 2.26. The third-order valence-electron chi connectivity index (χ3n) is 3.07. The maximum atomic E-state index is 12.0. The zero-order valence-electron chi connectivity index (χ0n) is 12.5. The van der Waals surface area contributed by atoms with Crippen molar-refractivity contribution in [2.24, 2.45) is 0 Å². The van der Waals surface area contributed by atoms with Gasteiger partial charge in [-0.2, -0.15) is 0 Å². The molecule has 7 nitrogen and oxygen atoms in total. The van der Waals surface area contributed by atoms with Crippen LogP contribution in [0.1, 0.15) is 13.3 Å². The average Bonchev–Trinajstić information content (AvgIpc) is 2.44. The molecule has 1 aromatic rings. The lowest BCUT2D eigenvalue weighted by atomic mass is 10.0. The molecular weight excluding hydrogens is 294 g/mol. The van der Waals surface area contributed by atoms with Crippen molar-refractivity contribution in [1.29, 1.82) is 0 Å². The minimum absolute atomic E-state index is 0.0486. The van der Waals surface area contributed by atoms with Gasteiger partial charge in [-0.05, 0) is 32.2 Å². The molecule has 0 aliphatic rings. The smallest absolute Gasteiger partial charge is 0.242 e. The van der Waals surface area contributed by atoms with Crippen LogP contribution < -0.4 is 15.8 Å². The molecule has 1 atom stereocenters. The Hall–Kier alpha value is -1.35. The summed E-state index contributed by atoms with van der Waals surface area (Å²) in [6.07, 6.45) is 0.430. The summed E-state index contributed by atoms with van der Waals surface area (Å²) in [5, 5.41) is 13.1. The molecule has 1 rings (SSSR count). The largest absolute Gasteiger partial charge is 0.399 e. The molecule has 0 aliphatic carbocycles. The van der Waals surface area contributed by atoms with Crippen LogP contribution in [0.5, 0.6) is 0 Å². The van der Waals surface area contributed by atoms with E-state index in [9.17, 15) is 13.5 Å². The van der Waals surface area contributed by atoms with Gasteiger partial charge < -0.3 is 20.9 Å². The maximum Gasteiger partial charge on any atom is 0.242 e. The Bertz CT molecular complexity index is 573. The van der Waals surface area contributed by atoms with Crippen molar-refractivity contribution in [3.63, 3.8) is 0 Å². The predicted octanol–water partition coefficient (Wildman–Crippen LogP) is 0.376. The molecule has 1 unspecified atom stereocenters. The Labute approximate surface area is 125 Å². The molecule has 21 heavy (non-hydrogen) atoms. The summed E-state index contributed by atoms with van der Waals surface area (Å²) in [7, 11) is -0.748. The van der Waals surface area contributed by atoms with Gasteiger partial charge in [-0.1, -0.05) is 0 Å². The number of sulfonamides is 1. The van der Waals surface area contributed by atoms with E-state index >= 15 is 0 Å². The van der Waals surface area contributed by atoms with Crippen LogP contribution in [0.2, 0.25) is 0 Å². The van der Waals surface area contributed by atoms with Crippen molar-refractivity contribution in [2.75, 3.05) is 38.4 Å². The van der Waals surface area contributed by atoms with Gasteiger partial charge in [-0.15, -0.1) is 0 Å². The van der Waals surface area contributed by atoms with Gasteiger partial charge in [0.15, 0.2) is 0 Å². The summed E-state index contributed by atoms with van der Waals surface area (Å²) in [5.41, 5.74) is 5.36. The number of nitrogens with two attached hydrogens (primary N) is 1. The van der Waals surface area contributed by atoms with Crippen molar-refractivity contribution in [2.45, 2.75) is 23.8 Å². The number of anilines is 2. The van der Waals surface area contributed by atoms with Gasteiger partial charge in [0.25, 0.3) is 0 Å². The average molecular weight is 317 g/mol. The van der Waals surface area contributed by atoms with Crippen LogP contribution in [0.15, 0.2) is 23.1 Å². The Morgan fingerprint density at radius 2 is 2.10 bits per heavy atom. The summed E-state index contributed by atoms with van der Waals surface area (Å²) in [5.74, 6) is 0. The Morgan fingerprint density at radius 3 is 2.67 bits per heavy atom. The lowest BCUT2D eigenvalue weighted by molar-refractivity contribution is 0.0357. The number of aliphatic hydroxyl groups is 1. The third kappa shape index (κ3) is 5.16. The zero-order valence-corrected chi connectivity index (χ0v) is 13.3. The van der Waals surface area contributed by atoms with Gasteiger partial charge in [0.1, 0.15) is 4.90 Å². The molecule has 0 bridgehead atoms. The van der Waals surface area contributed by atoms with Crippen LogP contribution >= 0.6 is 0 Å². The molecular formula is C13H23N3O4S. The molecule has 0 spiro atoms. The minimum atomic E-state index is -3.63. The van der Waals surface area contributed by atoms with Crippen molar-refractivity contribution >= 4 is 21.4 Å². The fourth-order valence-electron chi connectivity index (χ4n) is 1.71. The van der Waals surface area contributed by atoms with Crippen molar-refractivity contribution in [3.8, 4) is 0 Å². The van der Waals surface area contributed by atoms with E-state index in [1.807, 2.05) is 0 Å². The Morgan fingerprint density at radius 1 is 1.43 bits per heavy atom. The van der Waals surface area contributed by atoms with Gasteiger partial charge in [-0.25, -0.2) is 13.1 Å². The molecule has 0 saturated heterocycles. The standard InChI is InChI=1S/C13H23N3O4S/c1-13(17,6-7-20-3)9-16-11-5-4-10(14)8-12(11)21(18,19)15-2/h4-5,8,15-17H,6-7,9,14H2,1-3H3. The molecule has 0 radical (unpaired) electrons. The molecule has 0 saturated carbocycles. The second-order valence-electron chi connectivity index (χ2n) is 5.06. The zero-order chi connectivity index (χ0) is 16.1. The van der Waals surface area contributed by atoms with E-state index in [1.54, 1.807) is 26.2 Å². The number of methoxy groups -OCH3 is 1. The van der Waals surface area contributed by atoms with E-state index in [2.05, 4.69) is 10.0 Å². The number of benzene rings is 1. The van der Waals surface area contributed by atoms with Gasteiger partial charge in [-0.3, -0.25) is 0 Å². The number of hydrogen-bond donors (Lipinski definition) is 4. The quantitative estimate of drug-likeness (QED) is 0.515. The molecule has 8 heteroatoms. The van der Waals surface area contributed by atoms with E-state index < -0.39 is 15.6 Å². The summed E-state index contributed by atoms with van der Waals surface area (Å²) in [6, 6.07) is 4.55. The number of hydrogen-bond acceptors (Lipinski definition) is 6. The van der Waals surface area contributed by atoms with Crippen molar-refractivity contribution < 1.29 is 18.3 Å². The number of nitrogen functional groups attached to an aromatic ring is 1. The number of nitrogens with one attached hydrogen (secondary N) is 2. The second-order valence-corrected chi connectivity index (χ2v) is 6.91. The fraction of sp³-hybridized carbons (Fsp3) is 0.538. The van der Waals surface area contributed by atoms with Crippen molar-refractivity contribution in [3.05, 3.63) is 18.2 Å². The van der Waals surface area contributed by atoms with Gasteiger partial charge in [0.05, 0.1) is 11.3 Å². The Kier molecular flexibility index (Phi) is 5.97. The van der Waals surface area contributed by atoms with Crippen LogP contribution in [0.3, 0.4) is 0 Å². The maximum absolute atomic E-state index is 12.0. The van der Waals surface area contributed by atoms with Crippen LogP contribution in [0.4, 0.5) is 11.4 Å². The monoisotopic (exact) mass is 317 g/mol. The number of rotatable bonds is 8. The van der Waals surface area contributed by atoms with E-state index in [4.69, 9.17) is 10.5 Å². The molecule has 0 amide bonds. The van der Waals surface area contributed by atoms with E-state index in [1.165, 1.54) is 13.1 Å². The molecule has 0 aliphatic heterocycles. The summed E-state index contributed by atoms with van der Waals surface area (Å²) in [4.78, 5) is 0.0486. The first kappa shape index (κ1) is 17.7. The lowest BCUT2D eigenvalue weighted by Gasteiger charge is -2.24. The predicted molar refractivity (Wildman–Crippen MR) is 82.7 cm³/mol. The molecule has 120 valence electrons. The van der Waals surface area contributed by atoms with Gasteiger partial charge in [0, 0.05) is 32.4 Å². The van der Waals surface area contributed by atoms with E-state index in [0.29, 0.717) is 24.4 Å². The van der Waals surface area contributed by atoms with Gasteiger partial charge >= 0.3 is 0 Å². The molecule has 0 fully saturated rings. The van der Waals surface area contributed by atoms with Crippen molar-refractivity contribution in [1.82, 2.24) is 4.72 Å². The summed E-state index contributed by atoms with van der Waals surface area (Å²) >= 11 is 0. The fourth-order valence-corrected chi connectivity index (χ4v) is 2.65. The van der Waals surface area contributed by atoms with Crippen LogP contribution in [-0.4, -0.2) is 46.4 Å². The highest BCUT2D eigenvalue weighted by Crippen LogP contribution is 2.24. The molecule has 1 aromatic carbocycles. The minimum Gasteiger partial charge on any atom is -0.399 e. The Balaban J connectivity index is 2.94. The third-order valence-corrected chi connectivity index (χ3v) is 4.52. The number of ether oxygens (including phenoxy) is 1. The van der Waals surface area contributed by atoms with Crippen LogP contribution in [0.25, 0.3) is 0 Å². The topological polar surface area (TPSA) is 114 Å². The highest BCUT2D eigenvalue weighted by Gasteiger charge is 2.22. The van der Waals surface area contributed by atoms with Gasteiger partial charge in [0.2, 0.25) is 10.0 Å². The van der Waals surface area contributed by atoms with E-state index in [-0.39, 0.29) is 11.4 Å². The first-order chi connectivity index (χ1) is 9.72. The molecule has 0 heterocycles. The first-order valence-electron chi connectivity index (χ1n) is 6.50.